The fourth-order valence-corrected chi connectivity index (χ4v) is 2.97. The Bertz CT molecular complexity index is 164. The van der Waals surface area contributed by atoms with E-state index in [0.717, 1.165) is 18.4 Å². The van der Waals surface area contributed by atoms with Crippen LogP contribution >= 0.6 is 0 Å². The molecule has 14 heavy (non-hydrogen) atoms. The highest BCUT2D eigenvalue weighted by Crippen LogP contribution is 2.28. The highest BCUT2D eigenvalue weighted by Gasteiger charge is 2.22. The Labute approximate surface area is 87.8 Å². The quantitative estimate of drug-likeness (QED) is 0.743. The Hall–Kier alpha value is -0.0800. The van der Waals surface area contributed by atoms with E-state index in [1.54, 1.807) is 0 Å². The van der Waals surface area contributed by atoms with E-state index in [0.29, 0.717) is 0 Å². The zero-order chi connectivity index (χ0) is 9.80. The minimum Gasteiger partial charge on any atom is -0.330 e. The molecule has 0 aromatic heterocycles. The van der Waals surface area contributed by atoms with Gasteiger partial charge in [0.05, 0.1) is 0 Å². The van der Waals surface area contributed by atoms with Crippen LogP contribution in [0.3, 0.4) is 0 Å². The van der Waals surface area contributed by atoms with Crippen LogP contribution in [0.5, 0.6) is 0 Å². The van der Waals surface area contributed by atoms with Gasteiger partial charge in [0, 0.05) is 6.54 Å². The van der Waals surface area contributed by atoms with Gasteiger partial charge in [-0.15, -0.1) is 0 Å². The van der Waals surface area contributed by atoms with Crippen molar-refractivity contribution in [3.63, 3.8) is 0 Å². The maximum Gasteiger partial charge on any atom is 0.00222 e. The van der Waals surface area contributed by atoms with Gasteiger partial charge in [0.15, 0.2) is 0 Å². The Morgan fingerprint density at radius 2 is 1.86 bits per heavy atom. The summed E-state index contributed by atoms with van der Waals surface area (Å²) in [6.45, 7) is 4.79. The molecule has 2 N–H and O–H groups in total. The molecule has 0 aromatic rings. The highest BCUT2D eigenvalue weighted by atomic mass is 15.1. The molecule has 0 radical (unpaired) electrons. The Morgan fingerprint density at radius 1 is 1.07 bits per heavy atom. The Kier molecular flexibility index (Phi) is 3.82. The third-order valence-electron chi connectivity index (χ3n) is 4.03. The number of likely N-dealkylation sites (tertiary alicyclic amines) is 1. The van der Waals surface area contributed by atoms with Gasteiger partial charge >= 0.3 is 0 Å². The van der Waals surface area contributed by atoms with Crippen molar-refractivity contribution in [3.8, 4) is 0 Å². The molecule has 1 saturated carbocycles. The first-order valence-corrected chi connectivity index (χ1v) is 6.31. The fraction of sp³-hybridized carbons (Fsp3) is 1.00. The standard InChI is InChI=1S/C12H24N2/c13-9-12-6-8-14(10-12)7-5-11-3-1-2-4-11/h11-12H,1-10,13H2. The molecule has 2 aliphatic rings. The molecule has 82 valence electrons. The summed E-state index contributed by atoms with van der Waals surface area (Å²) >= 11 is 0. The van der Waals surface area contributed by atoms with E-state index in [4.69, 9.17) is 5.73 Å². The first-order valence-electron chi connectivity index (χ1n) is 6.31. The number of hydrogen-bond donors (Lipinski definition) is 1. The van der Waals surface area contributed by atoms with Crippen molar-refractivity contribution in [2.45, 2.75) is 38.5 Å². The largest absolute Gasteiger partial charge is 0.330 e. The SMILES string of the molecule is NCC1CCN(CCC2CCCC2)C1. The fourth-order valence-electron chi connectivity index (χ4n) is 2.97. The maximum absolute atomic E-state index is 5.69. The number of hydrogen-bond acceptors (Lipinski definition) is 2. The zero-order valence-corrected chi connectivity index (χ0v) is 9.25. The molecule has 1 heterocycles. The predicted octanol–water partition coefficient (Wildman–Crippen LogP) is 1.85. The second-order valence-electron chi connectivity index (χ2n) is 5.13. The minimum absolute atomic E-state index is 0.790. The average Bonchev–Trinajstić information content (AvgIpc) is 2.86. The predicted molar refractivity (Wildman–Crippen MR) is 60.2 cm³/mol. The van der Waals surface area contributed by atoms with Crippen molar-refractivity contribution in [1.29, 1.82) is 0 Å². The van der Waals surface area contributed by atoms with Gasteiger partial charge in [-0.25, -0.2) is 0 Å². The summed E-state index contributed by atoms with van der Waals surface area (Å²) in [4.78, 5) is 2.62. The molecule has 1 atom stereocenters. The molecule has 1 aliphatic heterocycles. The maximum atomic E-state index is 5.69. The molecule has 0 aromatic carbocycles. The molecule has 0 amide bonds. The number of nitrogens with two attached hydrogens (primary N) is 1. The van der Waals surface area contributed by atoms with E-state index in [2.05, 4.69) is 4.90 Å². The molecule has 1 unspecified atom stereocenters. The first-order chi connectivity index (χ1) is 6.88. The summed E-state index contributed by atoms with van der Waals surface area (Å²) in [5.74, 6) is 1.84. The molecule has 1 aliphatic carbocycles. The third-order valence-corrected chi connectivity index (χ3v) is 4.03. The Balaban J connectivity index is 1.61. The topological polar surface area (TPSA) is 29.3 Å². The van der Waals surface area contributed by atoms with Crippen molar-refractivity contribution in [3.05, 3.63) is 0 Å². The summed E-state index contributed by atoms with van der Waals surface area (Å²) in [5.41, 5.74) is 5.69. The summed E-state index contributed by atoms with van der Waals surface area (Å²) < 4.78 is 0. The normalized spacial score (nSPS) is 30.2. The van der Waals surface area contributed by atoms with Crippen molar-refractivity contribution in [1.82, 2.24) is 4.90 Å². The summed E-state index contributed by atoms with van der Waals surface area (Å²) in [7, 11) is 0. The molecule has 2 nitrogen and oxygen atoms in total. The van der Waals surface area contributed by atoms with E-state index in [1.807, 2.05) is 0 Å². The van der Waals surface area contributed by atoms with Crippen molar-refractivity contribution < 1.29 is 0 Å². The van der Waals surface area contributed by atoms with Crippen LogP contribution in [-0.2, 0) is 0 Å². The van der Waals surface area contributed by atoms with Crippen LogP contribution in [0.4, 0.5) is 0 Å². The van der Waals surface area contributed by atoms with Crippen LogP contribution in [0.1, 0.15) is 38.5 Å². The molecule has 1 saturated heterocycles. The molecule has 2 heteroatoms. The van der Waals surface area contributed by atoms with Gasteiger partial charge in [-0.05, 0) is 44.3 Å². The second-order valence-corrected chi connectivity index (χ2v) is 5.13. The van der Waals surface area contributed by atoms with Gasteiger partial charge in [-0.2, -0.15) is 0 Å². The van der Waals surface area contributed by atoms with Gasteiger partial charge in [-0.1, -0.05) is 25.7 Å². The van der Waals surface area contributed by atoms with Gasteiger partial charge in [0.2, 0.25) is 0 Å². The summed E-state index contributed by atoms with van der Waals surface area (Å²) in [5, 5.41) is 0. The van der Waals surface area contributed by atoms with Crippen LogP contribution in [0, 0.1) is 11.8 Å². The van der Waals surface area contributed by atoms with Gasteiger partial charge in [0.25, 0.3) is 0 Å². The second kappa shape index (κ2) is 5.13. The molecule has 2 rings (SSSR count). The van der Waals surface area contributed by atoms with Crippen molar-refractivity contribution in [2.24, 2.45) is 17.6 Å². The van der Waals surface area contributed by atoms with Crippen LogP contribution in [0.25, 0.3) is 0 Å². The molecule has 0 spiro atoms. The average molecular weight is 196 g/mol. The summed E-state index contributed by atoms with van der Waals surface area (Å²) in [6.07, 6.45) is 8.73. The van der Waals surface area contributed by atoms with E-state index in [9.17, 15) is 0 Å². The third kappa shape index (κ3) is 2.71. The lowest BCUT2D eigenvalue weighted by molar-refractivity contribution is 0.293. The lowest BCUT2D eigenvalue weighted by Gasteiger charge is -2.18. The molecule has 2 fully saturated rings. The molecular formula is C12H24N2. The lowest BCUT2D eigenvalue weighted by atomic mass is 10.0. The zero-order valence-electron chi connectivity index (χ0n) is 9.25. The van der Waals surface area contributed by atoms with Gasteiger partial charge in [0.1, 0.15) is 0 Å². The Morgan fingerprint density at radius 3 is 2.50 bits per heavy atom. The van der Waals surface area contributed by atoms with Crippen LogP contribution in [0.2, 0.25) is 0 Å². The minimum atomic E-state index is 0.790. The molecular weight excluding hydrogens is 172 g/mol. The number of rotatable bonds is 4. The van der Waals surface area contributed by atoms with Crippen molar-refractivity contribution >= 4 is 0 Å². The van der Waals surface area contributed by atoms with Gasteiger partial charge in [-0.3, -0.25) is 0 Å². The smallest absolute Gasteiger partial charge is 0.00222 e. The van der Waals surface area contributed by atoms with E-state index in [-0.39, 0.29) is 0 Å². The van der Waals surface area contributed by atoms with Crippen LogP contribution in [-0.4, -0.2) is 31.1 Å². The van der Waals surface area contributed by atoms with E-state index < -0.39 is 0 Å². The monoisotopic (exact) mass is 196 g/mol. The van der Waals surface area contributed by atoms with Crippen LogP contribution in [0.15, 0.2) is 0 Å². The highest BCUT2D eigenvalue weighted by molar-refractivity contribution is 4.77. The number of nitrogens with zero attached hydrogens (tertiary/aromatic N) is 1. The van der Waals surface area contributed by atoms with E-state index in [1.165, 1.54) is 58.2 Å². The van der Waals surface area contributed by atoms with Gasteiger partial charge < -0.3 is 10.6 Å². The van der Waals surface area contributed by atoms with Crippen LogP contribution < -0.4 is 5.73 Å². The lowest BCUT2D eigenvalue weighted by Crippen LogP contribution is -2.25. The summed E-state index contributed by atoms with van der Waals surface area (Å²) in [6, 6.07) is 0. The van der Waals surface area contributed by atoms with Crippen molar-refractivity contribution in [2.75, 3.05) is 26.2 Å². The molecule has 0 bridgehead atoms. The van der Waals surface area contributed by atoms with E-state index >= 15 is 0 Å². The first kappa shape index (κ1) is 10.4.